The molecular weight excluding hydrogens is 495 g/mol. The third-order valence-corrected chi connectivity index (χ3v) is 7.64. The van der Waals surface area contributed by atoms with Crippen LogP contribution in [0.1, 0.15) is 53.4 Å². The van der Waals surface area contributed by atoms with Crippen molar-refractivity contribution < 1.29 is 36.7 Å². The van der Waals surface area contributed by atoms with Crippen LogP contribution in [0.25, 0.3) is 0 Å². The molecule has 2 fully saturated rings. The van der Waals surface area contributed by atoms with Gasteiger partial charge in [-0.2, -0.15) is 13.2 Å². The number of rotatable bonds is 8. The minimum Gasteiger partial charge on any atom is -0.621 e. The maximum Gasteiger partial charge on any atom is 0.496 e. The van der Waals surface area contributed by atoms with Crippen molar-refractivity contribution >= 4 is 23.9 Å². The van der Waals surface area contributed by atoms with E-state index in [2.05, 4.69) is 12.2 Å². The van der Waals surface area contributed by atoms with Crippen LogP contribution in [-0.4, -0.2) is 36.7 Å². The smallest absolute Gasteiger partial charge is 0.496 e. The fraction of sp³-hybridized carbons (Fsp3) is 0.615. The molecule has 4 aliphatic carbocycles. The molecule has 0 radical (unpaired) electrons. The maximum atomic E-state index is 13.2. The third-order valence-electron chi connectivity index (χ3n) is 7.02. The normalized spacial score (nSPS) is 32.7. The Kier molecular flexibility index (Phi) is 7.27. The topological polar surface area (TPSA) is 80.1 Å². The van der Waals surface area contributed by atoms with E-state index < -0.39 is 63.9 Å². The lowest BCUT2D eigenvalue weighted by molar-refractivity contribution is -0.703. The summed E-state index contributed by atoms with van der Waals surface area (Å²) in [6.45, 7) is 6.28. The molecule has 0 amide bonds. The van der Waals surface area contributed by atoms with Gasteiger partial charge >= 0.3 is 17.4 Å². The molecule has 0 aliphatic heterocycles. The van der Waals surface area contributed by atoms with Crippen LogP contribution in [0.2, 0.25) is 0 Å². The van der Waals surface area contributed by atoms with Gasteiger partial charge in [0.15, 0.2) is 18.1 Å². The lowest BCUT2D eigenvalue weighted by atomic mass is 9.81. The zero-order valence-corrected chi connectivity index (χ0v) is 21.7. The molecule has 6 nitrogen and oxygen atoms in total. The van der Waals surface area contributed by atoms with Gasteiger partial charge in [0.05, 0.1) is 10.8 Å². The number of hydrogen-bond donors (Lipinski definition) is 1. The standard InChI is InChI=1S/C26H32F3NO5S/c1-15-5-17-7-19(17)11-24(3,9-15)22(31)34-14-21(13-30(33)36-26(27,28)29)35-23(32)25(4)10-16(2)6-18-8-20(18)12-25/h5-6,11-12,15-16,21,30H,7-10,13-14H2,1-4H3. The molecule has 0 heterocycles. The number of nitrogens with one attached hydrogen (secondary N) is 1. The summed E-state index contributed by atoms with van der Waals surface area (Å²) in [4.78, 5) is 26.3. The van der Waals surface area contributed by atoms with Crippen molar-refractivity contribution in [2.45, 2.75) is 65.0 Å². The van der Waals surface area contributed by atoms with Gasteiger partial charge in [-0.15, -0.1) is 0 Å². The Hall–Kier alpha value is -2.04. The zero-order chi connectivity index (χ0) is 26.5. The fourth-order valence-corrected chi connectivity index (χ4v) is 5.89. The number of carbonyl (C=O) groups is 2. The number of hydroxylamine groups is 1. The number of alkyl halides is 3. The Balaban J connectivity index is 1.45. The van der Waals surface area contributed by atoms with Gasteiger partial charge in [0.2, 0.25) is 0 Å². The zero-order valence-electron chi connectivity index (χ0n) is 20.9. The highest BCUT2D eigenvalue weighted by molar-refractivity contribution is 7.93. The molecule has 198 valence electrons. The molecule has 4 aliphatic rings. The lowest BCUT2D eigenvalue weighted by Crippen LogP contribution is -3.02. The van der Waals surface area contributed by atoms with Crippen molar-refractivity contribution in [1.29, 1.82) is 0 Å². The predicted molar refractivity (Wildman–Crippen MR) is 129 cm³/mol. The van der Waals surface area contributed by atoms with Crippen molar-refractivity contribution in [2.75, 3.05) is 13.2 Å². The average molecular weight is 528 g/mol. The number of halogens is 3. The lowest BCUT2D eigenvalue weighted by Gasteiger charge is -2.31. The summed E-state index contributed by atoms with van der Waals surface area (Å²) in [5.74, 6) is -0.932. The largest absolute Gasteiger partial charge is 0.621 e. The summed E-state index contributed by atoms with van der Waals surface area (Å²) in [6, 6.07) is 0. The molecule has 0 aromatic rings. The second-order valence-electron chi connectivity index (χ2n) is 11.0. The SMILES string of the molecule is CC1C=C2CC2=CC(C)(C(=O)OCC(C[NH+]([O-])SC(F)(F)F)OC(=O)C2(C)C=C3CC3=CC(C)C2)C1. The number of hydrogen-bond acceptors (Lipinski definition) is 6. The first-order valence-electron chi connectivity index (χ1n) is 12.2. The van der Waals surface area contributed by atoms with Crippen LogP contribution in [0.4, 0.5) is 13.2 Å². The van der Waals surface area contributed by atoms with Crippen LogP contribution in [0, 0.1) is 27.9 Å². The first-order valence-corrected chi connectivity index (χ1v) is 13.0. The Morgan fingerprint density at radius 2 is 1.53 bits per heavy atom. The second kappa shape index (κ2) is 9.68. The molecule has 2 saturated carbocycles. The van der Waals surface area contributed by atoms with E-state index in [0.717, 1.165) is 24.0 Å². The minimum absolute atomic E-state index is 0.110. The average Bonchev–Trinajstić information content (AvgIpc) is 3.61. The van der Waals surface area contributed by atoms with Crippen LogP contribution in [0.15, 0.2) is 46.6 Å². The van der Waals surface area contributed by atoms with Gasteiger partial charge in [-0.1, -0.05) is 38.2 Å². The van der Waals surface area contributed by atoms with Crippen LogP contribution in [0.3, 0.4) is 0 Å². The fourth-order valence-electron chi connectivity index (χ4n) is 5.37. The van der Waals surface area contributed by atoms with Crippen molar-refractivity contribution in [3.05, 3.63) is 51.8 Å². The molecule has 4 rings (SSSR count). The molecule has 0 aromatic heterocycles. The van der Waals surface area contributed by atoms with E-state index in [1.165, 1.54) is 11.1 Å². The van der Waals surface area contributed by atoms with E-state index in [9.17, 15) is 28.0 Å². The van der Waals surface area contributed by atoms with Gasteiger partial charge in [-0.25, -0.2) is 0 Å². The van der Waals surface area contributed by atoms with E-state index in [1.807, 2.05) is 26.0 Å². The van der Waals surface area contributed by atoms with E-state index >= 15 is 0 Å². The molecule has 6 unspecified atom stereocenters. The van der Waals surface area contributed by atoms with Gasteiger partial charge in [0.1, 0.15) is 13.2 Å². The summed E-state index contributed by atoms with van der Waals surface area (Å²) in [7, 11) is 0. The Labute approximate surface area is 213 Å². The summed E-state index contributed by atoms with van der Waals surface area (Å²) in [6.07, 6.45) is 9.27. The van der Waals surface area contributed by atoms with E-state index in [0.29, 0.717) is 12.8 Å². The third kappa shape index (κ3) is 6.63. The number of esters is 2. The molecule has 0 aromatic carbocycles. The van der Waals surface area contributed by atoms with Crippen molar-refractivity contribution in [2.24, 2.45) is 22.7 Å². The summed E-state index contributed by atoms with van der Waals surface area (Å²) in [5.41, 5.74) is -2.11. The predicted octanol–water partition coefficient (Wildman–Crippen LogP) is 4.60. The maximum absolute atomic E-state index is 13.2. The number of quaternary nitrogens is 1. The van der Waals surface area contributed by atoms with Crippen molar-refractivity contribution in [1.82, 2.24) is 0 Å². The number of allylic oxidation sites excluding steroid dienone is 6. The minimum atomic E-state index is -4.76. The molecule has 0 bridgehead atoms. The van der Waals surface area contributed by atoms with Gasteiger partial charge < -0.3 is 14.7 Å². The van der Waals surface area contributed by atoms with Crippen LogP contribution < -0.4 is 4.47 Å². The highest BCUT2D eigenvalue weighted by atomic mass is 32.2. The first kappa shape index (κ1) is 27.0. The Bertz CT molecular complexity index is 1060. The number of ether oxygens (including phenoxy) is 2. The highest BCUT2D eigenvalue weighted by Crippen LogP contribution is 2.48. The molecule has 0 spiro atoms. The molecule has 10 heteroatoms. The van der Waals surface area contributed by atoms with Crippen LogP contribution >= 0.6 is 11.9 Å². The monoisotopic (exact) mass is 527 g/mol. The molecule has 6 atom stereocenters. The van der Waals surface area contributed by atoms with Crippen LogP contribution in [-0.2, 0) is 19.1 Å². The van der Waals surface area contributed by atoms with E-state index in [4.69, 9.17) is 9.47 Å². The van der Waals surface area contributed by atoms with E-state index in [-0.39, 0.29) is 11.8 Å². The first-order chi connectivity index (χ1) is 16.7. The van der Waals surface area contributed by atoms with Gasteiger partial charge in [0, 0.05) is 0 Å². The van der Waals surface area contributed by atoms with Gasteiger partial charge in [-0.3, -0.25) is 14.1 Å². The Morgan fingerprint density at radius 1 is 1.03 bits per heavy atom. The number of carbonyl (C=O) groups excluding carboxylic acids is 2. The summed E-state index contributed by atoms with van der Waals surface area (Å²) in [5, 5.41) is 12.1. The number of fused-ring (bicyclic) bond motifs is 2. The Morgan fingerprint density at radius 3 is 2.03 bits per heavy atom. The van der Waals surface area contributed by atoms with Crippen LogP contribution in [0.5, 0.6) is 0 Å². The van der Waals surface area contributed by atoms with Crippen molar-refractivity contribution in [3.63, 3.8) is 0 Å². The second-order valence-corrected chi connectivity index (χ2v) is 12.1. The van der Waals surface area contributed by atoms with Crippen molar-refractivity contribution in [3.8, 4) is 0 Å². The highest BCUT2D eigenvalue weighted by Gasteiger charge is 2.43. The van der Waals surface area contributed by atoms with Gasteiger partial charge in [-0.05, 0) is 73.7 Å². The van der Waals surface area contributed by atoms with E-state index in [1.54, 1.807) is 13.8 Å². The molecular formula is C26H32F3NO5S. The molecule has 1 N–H and O–H groups in total. The quantitative estimate of drug-likeness (QED) is 0.282. The molecule has 0 saturated heterocycles. The summed E-state index contributed by atoms with van der Waals surface area (Å²) < 4.78 is 48.1. The van der Waals surface area contributed by atoms with Gasteiger partial charge in [0.25, 0.3) is 0 Å². The molecule has 36 heavy (non-hydrogen) atoms. The summed E-state index contributed by atoms with van der Waals surface area (Å²) >= 11 is -0.779.